The topological polar surface area (TPSA) is 59.5 Å². The van der Waals surface area contributed by atoms with Crippen LogP contribution in [0, 0.1) is 11.8 Å². The number of ether oxygens (including phenoxy) is 2. The lowest BCUT2D eigenvalue weighted by atomic mass is 9.93. The van der Waals surface area contributed by atoms with Crippen LogP contribution in [0.2, 0.25) is 0 Å². The van der Waals surface area contributed by atoms with E-state index >= 15 is 0 Å². The second kappa shape index (κ2) is 12.7. The van der Waals surface area contributed by atoms with E-state index in [-0.39, 0.29) is 0 Å². The minimum atomic E-state index is 0.663. The van der Waals surface area contributed by atoms with Gasteiger partial charge in [0.15, 0.2) is 0 Å². The van der Waals surface area contributed by atoms with E-state index in [4.69, 9.17) is 14.5 Å². The van der Waals surface area contributed by atoms with Crippen LogP contribution in [-0.2, 0) is 0 Å². The maximum absolute atomic E-state index is 5.48. The molecule has 0 aliphatic heterocycles. The Morgan fingerprint density at radius 1 is 0.543 bits per heavy atom. The molecule has 0 spiro atoms. The van der Waals surface area contributed by atoms with Gasteiger partial charge in [-0.25, -0.2) is 9.97 Å². The zero-order valence-electron chi connectivity index (χ0n) is 25.4. The highest BCUT2D eigenvalue weighted by Crippen LogP contribution is 2.45. The number of aromatic nitrogens is 2. The molecule has 0 unspecified atom stereocenters. The van der Waals surface area contributed by atoms with E-state index in [1.807, 2.05) is 60.7 Å². The molecule has 0 saturated heterocycles. The monoisotopic (exact) mass is 598 g/mol. The van der Waals surface area contributed by atoms with Crippen LogP contribution in [0.5, 0.6) is 11.5 Å². The Hall–Kier alpha value is -6.32. The van der Waals surface area contributed by atoms with E-state index in [0.717, 1.165) is 61.5 Å². The van der Waals surface area contributed by atoms with Crippen molar-refractivity contribution < 1.29 is 9.47 Å². The minimum absolute atomic E-state index is 0.663. The predicted molar refractivity (Wildman–Crippen MR) is 187 cm³/mol. The predicted octanol–water partition coefficient (Wildman–Crippen LogP) is 9.41. The lowest BCUT2D eigenvalue weighted by molar-refractivity contribution is 0.415. The van der Waals surface area contributed by atoms with E-state index < -0.39 is 0 Å². The van der Waals surface area contributed by atoms with Crippen molar-refractivity contribution in [3.63, 3.8) is 0 Å². The molecule has 7 aromatic rings. The molecule has 0 atom stereocenters. The normalized spacial score (nSPS) is 10.7. The first kappa shape index (κ1) is 28.5. The third-order valence-electron chi connectivity index (χ3n) is 7.77. The molecule has 0 amide bonds. The second-order valence-corrected chi connectivity index (χ2v) is 10.5. The number of hydrogen-bond donors (Lipinski definition) is 1. The first-order valence-corrected chi connectivity index (χ1v) is 14.9. The average molecular weight is 599 g/mol. The first-order valence-electron chi connectivity index (χ1n) is 14.9. The van der Waals surface area contributed by atoms with E-state index in [2.05, 4.69) is 99.8 Å². The molecule has 0 aliphatic carbocycles. The van der Waals surface area contributed by atoms with Crippen molar-refractivity contribution in [2.24, 2.45) is 0 Å². The lowest BCUT2D eigenvalue weighted by Crippen LogP contribution is -2.11. The van der Waals surface area contributed by atoms with Crippen molar-refractivity contribution in [3.8, 4) is 23.3 Å². The summed E-state index contributed by atoms with van der Waals surface area (Å²) in [7, 11) is 3.36. The summed E-state index contributed by atoms with van der Waals surface area (Å²) in [6, 6.07) is 44.7. The number of methoxy groups -OCH3 is 2. The first-order chi connectivity index (χ1) is 22.7. The van der Waals surface area contributed by atoms with Gasteiger partial charge in [0.05, 0.1) is 19.9 Å². The summed E-state index contributed by atoms with van der Waals surface area (Å²) in [5, 5.41) is 7.52. The fourth-order valence-corrected chi connectivity index (χ4v) is 5.62. The van der Waals surface area contributed by atoms with Gasteiger partial charge in [0.1, 0.15) is 28.8 Å². The zero-order chi connectivity index (χ0) is 31.3. The summed E-state index contributed by atoms with van der Waals surface area (Å²) in [5.41, 5.74) is 4.68. The van der Waals surface area contributed by atoms with Gasteiger partial charge in [0, 0.05) is 44.7 Å². The van der Waals surface area contributed by atoms with Crippen LogP contribution in [0.4, 0.5) is 28.7 Å². The summed E-state index contributed by atoms with van der Waals surface area (Å²) < 4.78 is 11.0. The Bertz CT molecular complexity index is 2100. The number of hydrogen-bond acceptors (Lipinski definition) is 6. The van der Waals surface area contributed by atoms with Crippen molar-refractivity contribution in [2.45, 2.75) is 0 Å². The molecule has 7 rings (SSSR count). The molecule has 6 nitrogen and oxygen atoms in total. The number of anilines is 5. The standard InChI is InChI=1S/C40H30N4O2/c1-45-31-22-18-29(19-23-31)44(30-20-24-32(46-2)25-21-30)40-36-13-5-3-11-33(36)35(34-12-4-6-14-37(34)40)26-17-28-10-9-16-39(42-28)43-38-15-7-8-27-41-38/h3-16,18-25,27H,1-2H3,(H,41,42,43). The number of fused-ring (bicyclic) bond motifs is 2. The number of pyridine rings is 2. The van der Waals surface area contributed by atoms with Crippen LogP contribution in [-0.4, -0.2) is 24.2 Å². The molecule has 0 radical (unpaired) electrons. The largest absolute Gasteiger partial charge is 0.497 e. The Kier molecular flexibility index (Phi) is 7.87. The van der Waals surface area contributed by atoms with Gasteiger partial charge in [-0.05, 0) is 78.7 Å². The maximum atomic E-state index is 5.48. The summed E-state index contributed by atoms with van der Waals surface area (Å²) in [6.45, 7) is 0. The molecule has 222 valence electrons. The SMILES string of the molecule is COc1ccc(N(c2ccc(OC)cc2)c2c3ccccc3c(C#Cc3cccc(Nc4ccccn4)n3)c3ccccc23)cc1. The molecule has 0 bridgehead atoms. The molecule has 0 aliphatic rings. The van der Waals surface area contributed by atoms with Crippen LogP contribution in [0.3, 0.4) is 0 Å². The third-order valence-corrected chi connectivity index (χ3v) is 7.77. The van der Waals surface area contributed by atoms with Gasteiger partial charge in [-0.2, -0.15) is 0 Å². The number of benzene rings is 5. The van der Waals surface area contributed by atoms with Gasteiger partial charge in [-0.15, -0.1) is 0 Å². The highest BCUT2D eigenvalue weighted by molar-refractivity contribution is 6.17. The molecule has 2 heterocycles. The van der Waals surface area contributed by atoms with Gasteiger partial charge in [-0.1, -0.05) is 66.6 Å². The summed E-state index contributed by atoms with van der Waals surface area (Å²) in [5.74, 6) is 9.86. The van der Waals surface area contributed by atoms with E-state index in [9.17, 15) is 0 Å². The van der Waals surface area contributed by atoms with Gasteiger partial charge in [0.25, 0.3) is 0 Å². The third kappa shape index (κ3) is 5.66. The second-order valence-electron chi connectivity index (χ2n) is 10.5. The van der Waals surface area contributed by atoms with Crippen molar-refractivity contribution in [3.05, 3.63) is 151 Å². The van der Waals surface area contributed by atoms with Crippen LogP contribution < -0.4 is 19.7 Å². The molecule has 0 fully saturated rings. The summed E-state index contributed by atoms with van der Waals surface area (Å²) in [6.07, 6.45) is 1.75. The Balaban J connectivity index is 1.41. The Morgan fingerprint density at radius 3 is 1.63 bits per heavy atom. The molecule has 5 aromatic carbocycles. The molecule has 0 saturated carbocycles. The van der Waals surface area contributed by atoms with Gasteiger partial charge in [-0.3, -0.25) is 0 Å². The maximum Gasteiger partial charge on any atom is 0.132 e. The molecule has 46 heavy (non-hydrogen) atoms. The van der Waals surface area contributed by atoms with Crippen molar-refractivity contribution >= 4 is 50.2 Å². The number of rotatable bonds is 7. The number of nitrogens with zero attached hydrogens (tertiary/aromatic N) is 3. The summed E-state index contributed by atoms with van der Waals surface area (Å²) in [4.78, 5) is 11.4. The summed E-state index contributed by atoms with van der Waals surface area (Å²) >= 11 is 0. The van der Waals surface area contributed by atoms with Crippen molar-refractivity contribution in [1.29, 1.82) is 0 Å². The van der Waals surface area contributed by atoms with Crippen LogP contribution in [0.25, 0.3) is 21.5 Å². The smallest absolute Gasteiger partial charge is 0.132 e. The Labute approximate surface area is 267 Å². The molecular weight excluding hydrogens is 568 g/mol. The fourth-order valence-electron chi connectivity index (χ4n) is 5.62. The van der Waals surface area contributed by atoms with Crippen LogP contribution in [0.15, 0.2) is 140 Å². The van der Waals surface area contributed by atoms with Crippen molar-refractivity contribution in [1.82, 2.24) is 9.97 Å². The lowest BCUT2D eigenvalue weighted by Gasteiger charge is -2.29. The molecular formula is C40H30N4O2. The van der Waals surface area contributed by atoms with Gasteiger partial charge in [0.2, 0.25) is 0 Å². The highest BCUT2D eigenvalue weighted by Gasteiger charge is 2.21. The highest BCUT2D eigenvalue weighted by atomic mass is 16.5. The fraction of sp³-hybridized carbons (Fsp3) is 0.0500. The van der Waals surface area contributed by atoms with Crippen molar-refractivity contribution in [2.75, 3.05) is 24.4 Å². The van der Waals surface area contributed by atoms with E-state index in [0.29, 0.717) is 11.5 Å². The Morgan fingerprint density at radius 2 is 1.09 bits per heavy atom. The average Bonchev–Trinajstić information content (AvgIpc) is 3.12. The van der Waals surface area contributed by atoms with E-state index in [1.165, 1.54) is 0 Å². The van der Waals surface area contributed by atoms with Gasteiger partial charge >= 0.3 is 0 Å². The van der Waals surface area contributed by atoms with Gasteiger partial charge < -0.3 is 19.7 Å². The number of nitrogens with one attached hydrogen (secondary N) is 1. The van der Waals surface area contributed by atoms with Crippen LogP contribution >= 0.6 is 0 Å². The minimum Gasteiger partial charge on any atom is -0.497 e. The van der Waals surface area contributed by atoms with Crippen LogP contribution in [0.1, 0.15) is 11.3 Å². The molecule has 1 N–H and O–H groups in total. The van der Waals surface area contributed by atoms with E-state index in [1.54, 1.807) is 20.4 Å². The molecule has 2 aromatic heterocycles. The molecule has 6 heteroatoms. The zero-order valence-corrected chi connectivity index (χ0v) is 25.4. The quantitative estimate of drug-likeness (QED) is 0.146.